The Balaban J connectivity index is 1.49. The molecule has 0 bridgehead atoms. The Morgan fingerprint density at radius 1 is 1.21 bits per heavy atom. The fourth-order valence-electron chi connectivity index (χ4n) is 3.42. The van der Waals surface area contributed by atoms with Gasteiger partial charge < -0.3 is 9.09 Å². The molecule has 24 heavy (non-hydrogen) atoms. The Morgan fingerprint density at radius 3 is 2.79 bits per heavy atom. The van der Waals surface area contributed by atoms with E-state index in [1.807, 2.05) is 17.8 Å². The molecule has 4 rings (SSSR count). The Kier molecular flexibility index (Phi) is 3.90. The predicted molar refractivity (Wildman–Crippen MR) is 90.1 cm³/mol. The van der Waals surface area contributed by atoms with Gasteiger partial charge in [-0.1, -0.05) is 42.4 Å². The van der Waals surface area contributed by atoms with Crippen LogP contribution >= 0.6 is 0 Å². The van der Waals surface area contributed by atoms with Crippen LogP contribution < -0.4 is 0 Å². The molecule has 0 N–H and O–H groups in total. The highest BCUT2D eigenvalue weighted by atomic mass is 16.5. The topological polar surface area (TPSA) is 60.0 Å². The van der Waals surface area contributed by atoms with Crippen LogP contribution in [0.25, 0.3) is 11.6 Å². The van der Waals surface area contributed by atoms with Crippen molar-refractivity contribution < 1.29 is 4.52 Å². The van der Waals surface area contributed by atoms with Crippen LogP contribution in [0.2, 0.25) is 0 Å². The standard InChI is InChI=1S/C18H21N5O/c1-13-10-23(11-14-6-4-3-5-7-14)12-15(13)18-20-16(21-24-18)17-19-8-9-22(17)2/h3-9,13,15H,10-12H2,1-2H3/t13-,15-/m1/s1. The van der Waals surface area contributed by atoms with Crippen molar-refractivity contribution in [3.8, 4) is 11.6 Å². The second-order valence-corrected chi connectivity index (χ2v) is 6.58. The fraction of sp³-hybridized carbons (Fsp3) is 0.389. The maximum atomic E-state index is 5.56. The summed E-state index contributed by atoms with van der Waals surface area (Å²) in [5.74, 6) is 2.78. The Morgan fingerprint density at radius 2 is 2.04 bits per heavy atom. The molecule has 2 aromatic heterocycles. The van der Waals surface area contributed by atoms with Crippen LogP contribution in [0.4, 0.5) is 0 Å². The SMILES string of the molecule is C[C@@H]1CN(Cc2ccccc2)C[C@H]1c1nc(-c2nccn2C)no1. The monoisotopic (exact) mass is 323 g/mol. The van der Waals surface area contributed by atoms with E-state index in [2.05, 4.69) is 57.3 Å². The van der Waals surface area contributed by atoms with Gasteiger partial charge in [-0.05, 0) is 11.5 Å². The summed E-state index contributed by atoms with van der Waals surface area (Å²) in [5.41, 5.74) is 1.34. The van der Waals surface area contributed by atoms with Crippen molar-refractivity contribution in [1.82, 2.24) is 24.6 Å². The molecule has 1 aromatic carbocycles. The van der Waals surface area contributed by atoms with Gasteiger partial charge in [0.25, 0.3) is 0 Å². The van der Waals surface area contributed by atoms with Crippen LogP contribution in [0, 0.1) is 5.92 Å². The highest BCUT2D eigenvalue weighted by Crippen LogP contribution is 2.33. The summed E-state index contributed by atoms with van der Waals surface area (Å²) in [4.78, 5) is 11.3. The smallest absolute Gasteiger partial charge is 0.238 e. The van der Waals surface area contributed by atoms with Crippen molar-refractivity contribution in [1.29, 1.82) is 0 Å². The van der Waals surface area contributed by atoms with Gasteiger partial charge in [-0.2, -0.15) is 4.98 Å². The lowest BCUT2D eigenvalue weighted by atomic mass is 9.98. The molecule has 2 atom stereocenters. The van der Waals surface area contributed by atoms with Crippen LogP contribution in [0.15, 0.2) is 47.2 Å². The predicted octanol–water partition coefficient (Wildman–Crippen LogP) is 2.71. The van der Waals surface area contributed by atoms with E-state index in [1.54, 1.807) is 6.20 Å². The molecule has 0 saturated carbocycles. The van der Waals surface area contributed by atoms with E-state index >= 15 is 0 Å². The molecule has 0 aliphatic carbocycles. The second-order valence-electron chi connectivity index (χ2n) is 6.58. The number of hydrogen-bond donors (Lipinski definition) is 0. The van der Waals surface area contributed by atoms with Gasteiger partial charge in [0, 0.05) is 39.1 Å². The summed E-state index contributed by atoms with van der Waals surface area (Å²) >= 11 is 0. The van der Waals surface area contributed by atoms with Gasteiger partial charge in [0.1, 0.15) is 0 Å². The number of likely N-dealkylation sites (tertiary alicyclic amines) is 1. The van der Waals surface area contributed by atoms with Crippen molar-refractivity contribution in [2.24, 2.45) is 13.0 Å². The highest BCUT2D eigenvalue weighted by Gasteiger charge is 2.34. The zero-order valence-electron chi connectivity index (χ0n) is 14.0. The Hall–Kier alpha value is -2.47. The minimum Gasteiger partial charge on any atom is -0.338 e. The van der Waals surface area contributed by atoms with Gasteiger partial charge in [-0.3, -0.25) is 4.90 Å². The summed E-state index contributed by atoms with van der Waals surface area (Å²) in [5, 5.41) is 4.12. The number of imidazole rings is 1. The molecule has 0 amide bonds. The first-order valence-electron chi connectivity index (χ1n) is 8.28. The van der Waals surface area contributed by atoms with E-state index in [9.17, 15) is 0 Å². The molecule has 3 heterocycles. The molecule has 124 valence electrons. The minimum absolute atomic E-state index is 0.273. The molecule has 1 saturated heterocycles. The summed E-state index contributed by atoms with van der Waals surface area (Å²) in [6.45, 7) is 5.19. The van der Waals surface area contributed by atoms with Crippen molar-refractivity contribution in [2.45, 2.75) is 19.4 Å². The average Bonchev–Trinajstić information content (AvgIpc) is 3.28. The maximum Gasteiger partial charge on any atom is 0.238 e. The fourth-order valence-corrected chi connectivity index (χ4v) is 3.42. The zero-order valence-corrected chi connectivity index (χ0v) is 14.0. The van der Waals surface area contributed by atoms with E-state index in [1.165, 1.54) is 5.56 Å². The van der Waals surface area contributed by atoms with Crippen LogP contribution in [0.5, 0.6) is 0 Å². The lowest BCUT2D eigenvalue weighted by Crippen LogP contribution is -2.20. The first-order valence-corrected chi connectivity index (χ1v) is 8.28. The van der Waals surface area contributed by atoms with Crippen molar-refractivity contribution in [2.75, 3.05) is 13.1 Å². The highest BCUT2D eigenvalue weighted by molar-refractivity contribution is 5.42. The molecule has 0 radical (unpaired) electrons. The number of hydrogen-bond acceptors (Lipinski definition) is 5. The van der Waals surface area contributed by atoms with Crippen LogP contribution in [0.3, 0.4) is 0 Å². The number of nitrogens with zero attached hydrogens (tertiary/aromatic N) is 5. The average molecular weight is 323 g/mol. The van der Waals surface area contributed by atoms with E-state index in [0.717, 1.165) is 31.3 Å². The van der Waals surface area contributed by atoms with Gasteiger partial charge in [0.15, 0.2) is 5.82 Å². The molecular formula is C18H21N5O. The molecule has 0 spiro atoms. The van der Waals surface area contributed by atoms with Gasteiger partial charge >= 0.3 is 0 Å². The largest absolute Gasteiger partial charge is 0.338 e. The summed E-state index contributed by atoms with van der Waals surface area (Å²) in [6, 6.07) is 10.6. The summed E-state index contributed by atoms with van der Waals surface area (Å²) in [6.07, 6.45) is 3.62. The van der Waals surface area contributed by atoms with E-state index < -0.39 is 0 Å². The molecule has 3 aromatic rings. The lowest BCUT2D eigenvalue weighted by Gasteiger charge is -2.15. The molecular weight excluding hydrogens is 302 g/mol. The summed E-state index contributed by atoms with van der Waals surface area (Å²) < 4.78 is 7.45. The molecule has 6 heteroatoms. The number of aromatic nitrogens is 4. The molecule has 1 aliphatic heterocycles. The summed E-state index contributed by atoms with van der Waals surface area (Å²) in [7, 11) is 1.93. The Bertz CT molecular complexity index is 810. The van der Waals surface area contributed by atoms with Gasteiger partial charge in [0.2, 0.25) is 11.7 Å². The molecule has 1 aliphatic rings. The molecule has 1 fully saturated rings. The third-order valence-corrected chi connectivity index (χ3v) is 4.72. The van der Waals surface area contributed by atoms with Crippen LogP contribution in [-0.4, -0.2) is 37.7 Å². The molecule has 0 unspecified atom stereocenters. The minimum atomic E-state index is 0.273. The van der Waals surface area contributed by atoms with Crippen molar-refractivity contribution in [3.05, 3.63) is 54.2 Å². The third kappa shape index (κ3) is 2.85. The normalized spacial score (nSPS) is 21.4. The van der Waals surface area contributed by atoms with Gasteiger partial charge in [-0.25, -0.2) is 4.98 Å². The lowest BCUT2D eigenvalue weighted by molar-refractivity contribution is 0.309. The third-order valence-electron chi connectivity index (χ3n) is 4.72. The van der Waals surface area contributed by atoms with Crippen LogP contribution in [-0.2, 0) is 13.6 Å². The van der Waals surface area contributed by atoms with Crippen molar-refractivity contribution >= 4 is 0 Å². The van der Waals surface area contributed by atoms with Crippen LogP contribution in [0.1, 0.15) is 24.3 Å². The quantitative estimate of drug-likeness (QED) is 0.739. The zero-order chi connectivity index (χ0) is 16.5. The van der Waals surface area contributed by atoms with E-state index in [4.69, 9.17) is 4.52 Å². The first kappa shape index (κ1) is 15.1. The molecule has 6 nitrogen and oxygen atoms in total. The van der Waals surface area contributed by atoms with Gasteiger partial charge in [-0.15, -0.1) is 0 Å². The number of benzene rings is 1. The van der Waals surface area contributed by atoms with E-state index in [-0.39, 0.29) is 5.92 Å². The van der Waals surface area contributed by atoms with E-state index in [0.29, 0.717) is 11.7 Å². The Labute approximate surface area is 141 Å². The first-order chi connectivity index (χ1) is 11.7. The van der Waals surface area contributed by atoms with Crippen molar-refractivity contribution in [3.63, 3.8) is 0 Å². The second kappa shape index (κ2) is 6.20. The van der Waals surface area contributed by atoms with Gasteiger partial charge in [0.05, 0.1) is 5.92 Å². The number of rotatable bonds is 4. The number of aryl methyl sites for hydroxylation is 1. The maximum absolute atomic E-state index is 5.56.